The van der Waals surface area contributed by atoms with E-state index in [4.69, 9.17) is 15.5 Å². The van der Waals surface area contributed by atoms with Crippen molar-refractivity contribution < 1.29 is 9.53 Å². The molecule has 1 saturated carbocycles. The molecule has 8 nitrogen and oxygen atoms in total. The number of nitrogen functional groups attached to an aromatic ring is 1. The number of nitrogens with zero attached hydrogens (tertiary/aromatic N) is 4. The predicted molar refractivity (Wildman–Crippen MR) is 128 cm³/mol. The lowest BCUT2D eigenvalue weighted by molar-refractivity contribution is -0.120. The van der Waals surface area contributed by atoms with Gasteiger partial charge in [0, 0.05) is 29.3 Å². The fourth-order valence-electron chi connectivity index (χ4n) is 4.48. The minimum Gasteiger partial charge on any atom is -0.497 e. The van der Waals surface area contributed by atoms with Crippen LogP contribution in [0.15, 0.2) is 60.9 Å². The molecule has 2 heterocycles. The van der Waals surface area contributed by atoms with Crippen LogP contribution in [0.5, 0.6) is 5.75 Å². The molecule has 1 amide bonds. The molecule has 3 N–H and O–H groups in total. The number of imidazole rings is 1. The molecule has 0 unspecified atom stereocenters. The van der Waals surface area contributed by atoms with Crippen molar-refractivity contribution in [2.24, 2.45) is 5.92 Å². The summed E-state index contributed by atoms with van der Waals surface area (Å²) < 4.78 is 7.33. The monoisotopic (exact) mass is 442 g/mol. The lowest BCUT2D eigenvalue weighted by atomic mass is 9.85. The number of aromatic nitrogens is 4. The van der Waals surface area contributed by atoms with Crippen LogP contribution in [0.3, 0.4) is 0 Å². The number of amides is 1. The minimum atomic E-state index is -0.0261. The van der Waals surface area contributed by atoms with Crippen molar-refractivity contribution in [3.8, 4) is 17.1 Å². The molecular formula is C25H26N6O2. The number of benzene rings is 2. The van der Waals surface area contributed by atoms with Gasteiger partial charge in [0.2, 0.25) is 5.91 Å². The Morgan fingerprint density at radius 2 is 1.85 bits per heavy atom. The Hall–Kier alpha value is -3.94. The van der Waals surface area contributed by atoms with Gasteiger partial charge in [-0.15, -0.1) is 0 Å². The van der Waals surface area contributed by atoms with Gasteiger partial charge in [-0.2, -0.15) is 0 Å². The number of carbonyl (C=O) groups excluding carboxylic acids is 1. The largest absolute Gasteiger partial charge is 0.497 e. The van der Waals surface area contributed by atoms with Gasteiger partial charge in [0.05, 0.1) is 13.4 Å². The van der Waals surface area contributed by atoms with Crippen LogP contribution in [0, 0.1) is 5.92 Å². The van der Waals surface area contributed by atoms with Crippen LogP contribution in [0.1, 0.15) is 31.7 Å². The molecule has 1 fully saturated rings. The molecule has 0 aliphatic heterocycles. The predicted octanol–water partition coefficient (Wildman–Crippen LogP) is 4.45. The van der Waals surface area contributed by atoms with Crippen molar-refractivity contribution in [2.75, 3.05) is 18.2 Å². The van der Waals surface area contributed by atoms with Gasteiger partial charge < -0.3 is 20.4 Å². The van der Waals surface area contributed by atoms with Crippen LogP contribution >= 0.6 is 0 Å². The van der Waals surface area contributed by atoms with E-state index in [9.17, 15) is 4.79 Å². The number of hydrogen-bond acceptors (Lipinski definition) is 6. The van der Waals surface area contributed by atoms with E-state index < -0.39 is 0 Å². The lowest BCUT2D eigenvalue weighted by Gasteiger charge is -2.28. The number of nitrogens with two attached hydrogens (primary N) is 1. The van der Waals surface area contributed by atoms with E-state index in [-0.39, 0.29) is 17.9 Å². The van der Waals surface area contributed by atoms with Crippen molar-refractivity contribution in [1.29, 1.82) is 0 Å². The first-order valence-corrected chi connectivity index (χ1v) is 11.1. The quantitative estimate of drug-likeness (QED) is 0.473. The van der Waals surface area contributed by atoms with Crippen LogP contribution in [-0.2, 0) is 4.79 Å². The Morgan fingerprint density at radius 1 is 1.06 bits per heavy atom. The average Bonchev–Trinajstić information content (AvgIpc) is 3.29. The van der Waals surface area contributed by atoms with Crippen LogP contribution in [-0.4, -0.2) is 32.5 Å². The number of rotatable bonds is 5. The molecule has 4 aromatic rings. The highest BCUT2D eigenvalue weighted by Gasteiger charge is 2.28. The zero-order chi connectivity index (χ0) is 22.8. The second kappa shape index (κ2) is 8.90. The number of anilines is 2. The van der Waals surface area contributed by atoms with Gasteiger partial charge in [-0.05, 0) is 37.8 Å². The normalized spacial score (nSPS) is 18.2. The van der Waals surface area contributed by atoms with Gasteiger partial charge in [-0.1, -0.05) is 36.4 Å². The van der Waals surface area contributed by atoms with Gasteiger partial charge in [-0.25, -0.2) is 15.0 Å². The average molecular weight is 443 g/mol. The summed E-state index contributed by atoms with van der Waals surface area (Å²) in [5, 5.41) is 3.02. The van der Waals surface area contributed by atoms with Crippen LogP contribution in [0.4, 0.5) is 11.5 Å². The van der Waals surface area contributed by atoms with E-state index in [1.165, 1.54) is 0 Å². The van der Waals surface area contributed by atoms with Crippen molar-refractivity contribution in [3.05, 3.63) is 60.9 Å². The molecule has 1 aliphatic carbocycles. The van der Waals surface area contributed by atoms with Crippen molar-refractivity contribution >= 4 is 28.6 Å². The van der Waals surface area contributed by atoms with Gasteiger partial charge >= 0.3 is 0 Å². The molecule has 8 heteroatoms. The van der Waals surface area contributed by atoms with Crippen LogP contribution < -0.4 is 15.8 Å². The number of hydrogen-bond donors (Lipinski definition) is 2. The van der Waals surface area contributed by atoms with E-state index >= 15 is 0 Å². The highest BCUT2D eigenvalue weighted by molar-refractivity contribution is 5.92. The Bertz CT molecular complexity index is 1280. The molecule has 0 saturated heterocycles. The summed E-state index contributed by atoms with van der Waals surface area (Å²) in [4.78, 5) is 26.5. The smallest absolute Gasteiger partial charge is 0.227 e. The first-order valence-electron chi connectivity index (χ1n) is 11.1. The molecule has 0 bridgehead atoms. The molecule has 1 aliphatic rings. The SMILES string of the molecule is COc1cccc(NC(=O)C2CCC(n3cnc4c(N)nc(-c5ccccc5)nc43)CC2)c1. The van der Waals surface area contributed by atoms with Gasteiger partial charge in [0.25, 0.3) is 0 Å². The van der Waals surface area contributed by atoms with E-state index in [2.05, 4.69) is 19.9 Å². The van der Waals surface area contributed by atoms with Crippen molar-refractivity contribution in [3.63, 3.8) is 0 Å². The zero-order valence-corrected chi connectivity index (χ0v) is 18.4. The van der Waals surface area contributed by atoms with Crippen molar-refractivity contribution in [1.82, 2.24) is 19.5 Å². The maximum absolute atomic E-state index is 12.8. The Balaban J connectivity index is 1.31. The second-order valence-electron chi connectivity index (χ2n) is 8.35. The van der Waals surface area contributed by atoms with E-state index in [1.54, 1.807) is 13.4 Å². The molecule has 33 heavy (non-hydrogen) atoms. The van der Waals surface area contributed by atoms with Gasteiger partial charge in [0.15, 0.2) is 17.3 Å². The molecule has 0 spiro atoms. The van der Waals surface area contributed by atoms with Crippen LogP contribution in [0.2, 0.25) is 0 Å². The molecule has 5 rings (SSSR count). The molecule has 0 atom stereocenters. The highest BCUT2D eigenvalue weighted by Crippen LogP contribution is 2.35. The number of fused-ring (bicyclic) bond motifs is 1. The first kappa shape index (κ1) is 20.9. The molecule has 2 aromatic heterocycles. The topological polar surface area (TPSA) is 108 Å². The van der Waals surface area contributed by atoms with Gasteiger partial charge in [0.1, 0.15) is 11.3 Å². The minimum absolute atomic E-state index is 0.0261. The second-order valence-corrected chi connectivity index (χ2v) is 8.35. The number of nitrogens with one attached hydrogen (secondary N) is 1. The summed E-state index contributed by atoms with van der Waals surface area (Å²) in [5.74, 6) is 1.72. The summed E-state index contributed by atoms with van der Waals surface area (Å²) in [6, 6.07) is 17.4. The van der Waals surface area contributed by atoms with E-state index in [0.29, 0.717) is 17.2 Å². The first-order chi connectivity index (χ1) is 16.1. The van der Waals surface area contributed by atoms with Crippen molar-refractivity contribution in [2.45, 2.75) is 31.7 Å². The summed E-state index contributed by atoms with van der Waals surface area (Å²) >= 11 is 0. The molecule has 168 valence electrons. The Kier molecular flexibility index (Phi) is 5.64. The third kappa shape index (κ3) is 4.24. The number of methoxy groups -OCH3 is 1. The fourth-order valence-corrected chi connectivity index (χ4v) is 4.48. The number of ether oxygens (including phenoxy) is 1. The van der Waals surface area contributed by atoms with Crippen LogP contribution in [0.25, 0.3) is 22.6 Å². The standard InChI is InChI=1S/C25H26N6O2/c1-33-20-9-5-8-18(14-20)28-25(32)17-10-12-19(13-11-17)31-15-27-21-22(26)29-23(30-24(21)31)16-6-3-2-4-7-16/h2-9,14-15,17,19H,10-13H2,1H3,(H,28,32)(H2,26,29,30). The third-order valence-corrected chi connectivity index (χ3v) is 6.28. The van der Waals surface area contributed by atoms with E-state index in [0.717, 1.165) is 48.3 Å². The maximum Gasteiger partial charge on any atom is 0.227 e. The Labute approximate surface area is 191 Å². The third-order valence-electron chi connectivity index (χ3n) is 6.28. The lowest BCUT2D eigenvalue weighted by Crippen LogP contribution is -2.28. The summed E-state index contributed by atoms with van der Waals surface area (Å²) in [6.07, 6.45) is 5.13. The zero-order valence-electron chi connectivity index (χ0n) is 18.4. The molecular weight excluding hydrogens is 416 g/mol. The molecule has 0 radical (unpaired) electrons. The maximum atomic E-state index is 12.8. The number of carbonyl (C=O) groups is 1. The molecule has 2 aromatic carbocycles. The van der Waals surface area contributed by atoms with Gasteiger partial charge in [-0.3, -0.25) is 4.79 Å². The summed E-state index contributed by atoms with van der Waals surface area (Å²) in [5.41, 5.74) is 9.23. The highest BCUT2D eigenvalue weighted by atomic mass is 16.5. The van der Waals surface area contributed by atoms with E-state index in [1.807, 2.05) is 54.6 Å². The summed E-state index contributed by atoms with van der Waals surface area (Å²) in [6.45, 7) is 0. The fraction of sp³-hybridized carbons (Fsp3) is 0.280. The summed E-state index contributed by atoms with van der Waals surface area (Å²) in [7, 11) is 1.61. The Morgan fingerprint density at radius 3 is 2.61 bits per heavy atom.